The average molecular weight is 466 g/mol. The van der Waals surface area contributed by atoms with Crippen molar-refractivity contribution in [2.45, 2.75) is 46.7 Å². The van der Waals surface area contributed by atoms with Gasteiger partial charge in [0.15, 0.2) is 5.82 Å². The van der Waals surface area contributed by atoms with Gasteiger partial charge in [0, 0.05) is 25.1 Å². The summed E-state index contributed by atoms with van der Waals surface area (Å²) in [5.41, 5.74) is 2.93. The number of piperidine rings is 1. The predicted octanol–water partition coefficient (Wildman–Crippen LogP) is 6.22. The van der Waals surface area contributed by atoms with Gasteiger partial charge in [-0.05, 0) is 49.8 Å². The number of hydrogen-bond donors (Lipinski definition) is 1. The number of carbonyl (C=O) groups is 1. The summed E-state index contributed by atoms with van der Waals surface area (Å²) in [5.74, 6) is 1.19. The zero-order chi connectivity index (χ0) is 24.2. The summed E-state index contributed by atoms with van der Waals surface area (Å²) in [6.45, 7) is 8.37. The Bertz CT molecular complexity index is 1000. The van der Waals surface area contributed by atoms with Crippen LogP contribution in [0.1, 0.15) is 43.6 Å². The van der Waals surface area contributed by atoms with Crippen molar-refractivity contribution in [2.75, 3.05) is 25.0 Å². The molecule has 0 saturated carbocycles. The van der Waals surface area contributed by atoms with Crippen molar-refractivity contribution in [2.24, 2.45) is 11.8 Å². The van der Waals surface area contributed by atoms with Gasteiger partial charge in [0.25, 0.3) is 0 Å². The number of urea groups is 1. The lowest BCUT2D eigenvalue weighted by Crippen LogP contribution is -2.42. The highest BCUT2D eigenvalue weighted by molar-refractivity contribution is 5.89. The van der Waals surface area contributed by atoms with E-state index in [1.54, 1.807) is 17.9 Å². The summed E-state index contributed by atoms with van der Waals surface area (Å²) in [5, 5.41) is 6.69. The Kier molecular flexibility index (Phi) is 7.71. The van der Waals surface area contributed by atoms with Gasteiger partial charge in [0.2, 0.25) is 0 Å². The van der Waals surface area contributed by atoms with Gasteiger partial charge in [-0.15, -0.1) is 0 Å². The molecule has 1 saturated heterocycles. The number of anilines is 1. The van der Waals surface area contributed by atoms with E-state index in [1.807, 2.05) is 25.1 Å². The molecule has 2 heterocycles. The van der Waals surface area contributed by atoms with Crippen LogP contribution in [0.2, 0.25) is 0 Å². The molecule has 2 unspecified atom stereocenters. The van der Waals surface area contributed by atoms with Gasteiger partial charge in [0.1, 0.15) is 11.5 Å². The first kappa shape index (κ1) is 24.7. The van der Waals surface area contributed by atoms with Gasteiger partial charge in [-0.25, -0.2) is 4.79 Å². The number of rotatable bonds is 6. The number of hydrogen-bond acceptors (Lipinski definition) is 4. The predicted molar refractivity (Wildman–Crippen MR) is 120 cm³/mol. The minimum Gasteiger partial charge on any atom is -0.493 e. The lowest BCUT2D eigenvalue weighted by molar-refractivity contribution is -0.145. The van der Waals surface area contributed by atoms with Crippen LogP contribution in [0.25, 0.3) is 6.08 Å². The van der Waals surface area contributed by atoms with E-state index in [-0.39, 0.29) is 18.6 Å². The number of halogens is 3. The Balaban J connectivity index is 1.57. The topological polar surface area (TPSA) is 67.6 Å². The van der Waals surface area contributed by atoms with E-state index in [9.17, 15) is 18.0 Å². The third-order valence-electron chi connectivity index (χ3n) is 5.79. The van der Waals surface area contributed by atoms with Crippen LogP contribution < -0.4 is 10.1 Å². The molecule has 1 aromatic heterocycles. The number of likely N-dealkylation sites (tertiary alicyclic amines) is 1. The maximum atomic E-state index is 12.6. The molecule has 1 aromatic carbocycles. The highest BCUT2D eigenvalue weighted by Crippen LogP contribution is 2.28. The van der Waals surface area contributed by atoms with Crippen molar-refractivity contribution < 1.29 is 27.2 Å². The van der Waals surface area contributed by atoms with E-state index in [0.717, 1.165) is 17.5 Å². The van der Waals surface area contributed by atoms with Crippen LogP contribution in [-0.2, 0) is 0 Å². The first-order valence-electron chi connectivity index (χ1n) is 11.0. The fraction of sp³-hybridized carbons (Fsp3) is 0.500. The zero-order valence-electron chi connectivity index (χ0n) is 19.3. The Morgan fingerprint density at radius 3 is 2.79 bits per heavy atom. The van der Waals surface area contributed by atoms with Gasteiger partial charge in [-0.1, -0.05) is 42.8 Å². The molecule has 6 nitrogen and oxygen atoms in total. The van der Waals surface area contributed by atoms with E-state index in [0.29, 0.717) is 30.4 Å². The molecule has 0 radical (unpaired) electrons. The summed E-state index contributed by atoms with van der Waals surface area (Å²) in [6.07, 6.45) is -2.27. The van der Waals surface area contributed by atoms with Gasteiger partial charge in [-0.3, -0.25) is 5.32 Å². The zero-order valence-corrected chi connectivity index (χ0v) is 19.3. The molecule has 1 aliphatic heterocycles. The molecule has 0 spiro atoms. The molecule has 1 fully saturated rings. The van der Waals surface area contributed by atoms with Crippen LogP contribution in [0.15, 0.2) is 34.4 Å². The maximum absolute atomic E-state index is 12.6. The van der Waals surface area contributed by atoms with Gasteiger partial charge < -0.3 is 14.2 Å². The fourth-order valence-corrected chi connectivity index (χ4v) is 3.76. The quantitative estimate of drug-likeness (QED) is 0.550. The number of benzene rings is 1. The summed E-state index contributed by atoms with van der Waals surface area (Å²) >= 11 is 0. The molecular weight excluding hydrogens is 435 g/mol. The standard InChI is InChI=1S/C24H30F3N3O3/c1-15(12-24(25,26)27)14-32-21-7-5-6-19(11-21)10-20-8-9-30(13-16(20)2)23(31)28-22-17(3)18(4)33-29-22/h5-7,10-11,15-16H,8-9,12-14H2,1-4H3,(H,28,29,31)/b20-10+. The monoisotopic (exact) mass is 465 g/mol. The molecular formula is C24H30F3N3O3. The second kappa shape index (κ2) is 10.3. The number of aryl methyl sites for hydroxylation is 1. The number of alkyl halides is 3. The lowest BCUT2D eigenvalue weighted by atomic mass is 9.91. The molecule has 3 rings (SSSR count). The van der Waals surface area contributed by atoms with Gasteiger partial charge in [-0.2, -0.15) is 13.2 Å². The van der Waals surface area contributed by atoms with Crippen molar-refractivity contribution in [3.05, 3.63) is 46.7 Å². The van der Waals surface area contributed by atoms with Crippen LogP contribution >= 0.6 is 0 Å². The Hall–Kier alpha value is -2.97. The van der Waals surface area contributed by atoms with E-state index in [4.69, 9.17) is 9.26 Å². The number of aromatic nitrogens is 1. The molecule has 2 atom stereocenters. The number of carbonyl (C=O) groups excluding carboxylic acids is 1. The van der Waals surface area contributed by atoms with Gasteiger partial charge >= 0.3 is 12.2 Å². The van der Waals surface area contributed by atoms with E-state index < -0.39 is 18.5 Å². The Labute approximate surface area is 191 Å². The SMILES string of the molecule is Cc1onc(NC(=O)N2CC/C(=C\c3cccc(OCC(C)CC(F)(F)F)c3)C(C)C2)c1C. The number of amides is 2. The average Bonchev–Trinajstić information content (AvgIpc) is 3.05. The van der Waals surface area contributed by atoms with E-state index in [1.165, 1.54) is 12.5 Å². The summed E-state index contributed by atoms with van der Waals surface area (Å²) in [4.78, 5) is 14.4. The molecule has 1 aliphatic rings. The summed E-state index contributed by atoms with van der Waals surface area (Å²) < 4.78 is 48.2. The second-order valence-corrected chi connectivity index (χ2v) is 8.77. The maximum Gasteiger partial charge on any atom is 0.389 e. The number of nitrogens with one attached hydrogen (secondary N) is 1. The van der Waals surface area contributed by atoms with Crippen molar-refractivity contribution >= 4 is 17.9 Å². The minimum atomic E-state index is -4.19. The molecule has 1 N–H and O–H groups in total. The van der Waals surface area contributed by atoms with Crippen LogP contribution in [0.5, 0.6) is 5.75 Å². The second-order valence-electron chi connectivity index (χ2n) is 8.77. The van der Waals surface area contributed by atoms with E-state index in [2.05, 4.69) is 23.5 Å². The highest BCUT2D eigenvalue weighted by atomic mass is 19.4. The number of ether oxygens (including phenoxy) is 1. The largest absolute Gasteiger partial charge is 0.493 e. The first-order chi connectivity index (χ1) is 15.5. The number of nitrogens with zero attached hydrogens (tertiary/aromatic N) is 2. The van der Waals surface area contributed by atoms with Gasteiger partial charge in [0.05, 0.1) is 6.61 Å². The smallest absolute Gasteiger partial charge is 0.389 e. The van der Waals surface area contributed by atoms with E-state index >= 15 is 0 Å². The Morgan fingerprint density at radius 1 is 1.39 bits per heavy atom. The lowest BCUT2D eigenvalue weighted by Gasteiger charge is -2.33. The molecule has 2 aromatic rings. The molecule has 0 aliphatic carbocycles. The van der Waals surface area contributed by atoms with Crippen molar-refractivity contribution in [1.29, 1.82) is 0 Å². The molecule has 2 amide bonds. The van der Waals surface area contributed by atoms with Crippen molar-refractivity contribution in [1.82, 2.24) is 10.1 Å². The minimum absolute atomic E-state index is 0.00449. The van der Waals surface area contributed by atoms with Crippen LogP contribution in [0, 0.1) is 25.7 Å². The Morgan fingerprint density at radius 2 is 2.15 bits per heavy atom. The normalized spacial score (nSPS) is 18.9. The van der Waals surface area contributed by atoms with Crippen LogP contribution in [-0.4, -0.2) is 42.0 Å². The van der Waals surface area contributed by atoms with Crippen molar-refractivity contribution in [3.8, 4) is 5.75 Å². The third-order valence-corrected chi connectivity index (χ3v) is 5.79. The molecule has 33 heavy (non-hydrogen) atoms. The molecule has 9 heteroatoms. The molecule has 180 valence electrons. The first-order valence-corrected chi connectivity index (χ1v) is 11.0. The van der Waals surface area contributed by atoms with Crippen molar-refractivity contribution in [3.63, 3.8) is 0 Å². The highest BCUT2D eigenvalue weighted by Gasteiger charge is 2.30. The molecule has 0 bridgehead atoms. The summed E-state index contributed by atoms with van der Waals surface area (Å²) in [7, 11) is 0. The fourth-order valence-electron chi connectivity index (χ4n) is 3.76. The van der Waals surface area contributed by atoms with Crippen LogP contribution in [0.4, 0.5) is 23.8 Å². The van der Waals surface area contributed by atoms with Crippen LogP contribution in [0.3, 0.4) is 0 Å². The summed E-state index contributed by atoms with van der Waals surface area (Å²) in [6, 6.07) is 7.12. The third kappa shape index (κ3) is 7.00.